The average molecular weight is 228 g/mol. The van der Waals surface area contributed by atoms with Gasteiger partial charge in [0.15, 0.2) is 4.34 Å². The summed E-state index contributed by atoms with van der Waals surface area (Å²) >= 11 is 3.12. The fourth-order valence-electron chi connectivity index (χ4n) is 1.60. The minimum atomic E-state index is 0.394. The summed E-state index contributed by atoms with van der Waals surface area (Å²) in [5.41, 5.74) is 0. The maximum absolute atomic E-state index is 11.3. The lowest BCUT2D eigenvalue weighted by Crippen LogP contribution is -2.24. The monoisotopic (exact) mass is 228 g/mol. The molecule has 1 aliphatic carbocycles. The first-order chi connectivity index (χ1) is 6.75. The highest BCUT2D eigenvalue weighted by Crippen LogP contribution is 2.36. The number of aromatic nitrogens is 2. The van der Waals surface area contributed by atoms with Crippen LogP contribution in [-0.2, 0) is 4.79 Å². The fraction of sp³-hybridized carbons (Fsp3) is 0.667. The van der Waals surface area contributed by atoms with Crippen molar-refractivity contribution in [1.29, 1.82) is 0 Å². The van der Waals surface area contributed by atoms with Crippen molar-refractivity contribution in [3.8, 4) is 0 Å². The van der Waals surface area contributed by atoms with Crippen molar-refractivity contribution in [2.45, 2.75) is 35.8 Å². The van der Waals surface area contributed by atoms with Crippen LogP contribution in [0.1, 0.15) is 26.2 Å². The van der Waals surface area contributed by atoms with Gasteiger partial charge in [0.25, 0.3) is 0 Å². The molecule has 0 N–H and O–H groups in total. The quantitative estimate of drug-likeness (QED) is 0.779. The first kappa shape index (κ1) is 10.1. The van der Waals surface area contributed by atoms with Gasteiger partial charge in [0.2, 0.25) is 0 Å². The lowest BCUT2D eigenvalue weighted by molar-refractivity contribution is -0.120. The number of nitrogens with zero attached hydrogens (tertiary/aromatic N) is 2. The van der Waals surface area contributed by atoms with Crippen LogP contribution < -0.4 is 0 Å². The molecule has 14 heavy (non-hydrogen) atoms. The van der Waals surface area contributed by atoms with Crippen molar-refractivity contribution in [3.63, 3.8) is 0 Å². The van der Waals surface area contributed by atoms with Gasteiger partial charge < -0.3 is 0 Å². The van der Waals surface area contributed by atoms with Crippen molar-refractivity contribution in [3.05, 3.63) is 6.33 Å². The maximum Gasteiger partial charge on any atom is 0.170 e. The molecular formula is C9H12N2OS2. The molecule has 3 nitrogen and oxygen atoms in total. The Morgan fingerprint density at radius 3 is 3.21 bits per heavy atom. The Morgan fingerprint density at radius 2 is 2.50 bits per heavy atom. The maximum atomic E-state index is 11.3. The zero-order valence-electron chi connectivity index (χ0n) is 7.97. The molecular weight excluding hydrogens is 216 g/mol. The zero-order chi connectivity index (χ0) is 9.97. The van der Waals surface area contributed by atoms with Crippen molar-refractivity contribution in [1.82, 2.24) is 9.36 Å². The zero-order valence-corrected chi connectivity index (χ0v) is 9.61. The Labute approximate surface area is 91.5 Å². The summed E-state index contributed by atoms with van der Waals surface area (Å²) in [7, 11) is 0. The van der Waals surface area contributed by atoms with Gasteiger partial charge in [-0.05, 0) is 23.9 Å². The van der Waals surface area contributed by atoms with Crippen LogP contribution in [0.25, 0.3) is 0 Å². The molecule has 2 atom stereocenters. The van der Waals surface area contributed by atoms with Gasteiger partial charge in [0, 0.05) is 18.1 Å². The number of carbonyl (C=O) groups is 1. The van der Waals surface area contributed by atoms with Gasteiger partial charge >= 0.3 is 0 Å². The van der Waals surface area contributed by atoms with E-state index in [1.165, 1.54) is 11.5 Å². The van der Waals surface area contributed by atoms with Gasteiger partial charge in [-0.1, -0.05) is 18.7 Å². The van der Waals surface area contributed by atoms with Gasteiger partial charge in [0.05, 0.1) is 0 Å². The summed E-state index contributed by atoms with van der Waals surface area (Å²) in [6.45, 7) is 2.21. The molecule has 0 amide bonds. The first-order valence-electron chi connectivity index (χ1n) is 4.70. The molecule has 0 radical (unpaired) electrons. The molecule has 0 bridgehead atoms. The Bertz CT molecular complexity index is 313. The third-order valence-electron chi connectivity index (χ3n) is 2.54. The minimum Gasteiger partial charge on any atom is -0.300 e. The lowest BCUT2D eigenvalue weighted by Gasteiger charge is -2.26. The number of ketones is 1. The Balaban J connectivity index is 1.99. The molecule has 1 aliphatic rings. The molecule has 1 fully saturated rings. The molecule has 0 saturated heterocycles. The summed E-state index contributed by atoms with van der Waals surface area (Å²) < 4.78 is 4.94. The summed E-state index contributed by atoms with van der Waals surface area (Å²) in [6, 6.07) is 0. The minimum absolute atomic E-state index is 0.394. The van der Waals surface area contributed by atoms with E-state index in [0.717, 1.165) is 17.2 Å². The van der Waals surface area contributed by atoms with Crippen LogP contribution in [0.5, 0.6) is 0 Å². The van der Waals surface area contributed by atoms with E-state index in [1.807, 2.05) is 0 Å². The highest BCUT2D eigenvalue weighted by molar-refractivity contribution is 8.01. The normalized spacial score (nSPS) is 27.9. The summed E-state index contributed by atoms with van der Waals surface area (Å²) in [6.07, 6.45) is 4.05. The van der Waals surface area contributed by atoms with Crippen LogP contribution in [0.4, 0.5) is 0 Å². The van der Waals surface area contributed by atoms with E-state index < -0.39 is 0 Å². The SMILES string of the molecule is CC1CCC(=O)CC1Sc1ncns1. The van der Waals surface area contributed by atoms with E-state index in [0.29, 0.717) is 23.4 Å². The van der Waals surface area contributed by atoms with E-state index >= 15 is 0 Å². The topological polar surface area (TPSA) is 42.9 Å². The van der Waals surface area contributed by atoms with E-state index in [-0.39, 0.29) is 0 Å². The van der Waals surface area contributed by atoms with Crippen LogP contribution in [0.3, 0.4) is 0 Å². The Kier molecular flexibility index (Phi) is 3.18. The average Bonchev–Trinajstić information content (AvgIpc) is 2.64. The van der Waals surface area contributed by atoms with Crippen molar-refractivity contribution in [2.24, 2.45) is 5.92 Å². The van der Waals surface area contributed by atoms with E-state index in [1.54, 1.807) is 18.1 Å². The highest BCUT2D eigenvalue weighted by atomic mass is 32.2. The summed E-state index contributed by atoms with van der Waals surface area (Å²) in [5, 5.41) is 0.407. The predicted molar refractivity (Wildman–Crippen MR) is 57.6 cm³/mol. The molecule has 1 heterocycles. The number of hydrogen-bond acceptors (Lipinski definition) is 5. The predicted octanol–water partition coefficient (Wildman–Crippen LogP) is 2.39. The molecule has 0 spiro atoms. The number of hydrogen-bond donors (Lipinski definition) is 0. The van der Waals surface area contributed by atoms with E-state index in [2.05, 4.69) is 16.3 Å². The van der Waals surface area contributed by atoms with Gasteiger partial charge in [-0.2, -0.15) is 4.37 Å². The largest absolute Gasteiger partial charge is 0.300 e. The van der Waals surface area contributed by atoms with E-state index in [4.69, 9.17) is 0 Å². The summed E-state index contributed by atoms with van der Waals surface area (Å²) in [4.78, 5) is 15.4. The molecule has 1 aromatic rings. The van der Waals surface area contributed by atoms with Crippen LogP contribution in [-0.4, -0.2) is 20.4 Å². The second kappa shape index (κ2) is 4.40. The summed E-state index contributed by atoms with van der Waals surface area (Å²) in [5.74, 6) is 1.01. The highest BCUT2D eigenvalue weighted by Gasteiger charge is 2.27. The van der Waals surface area contributed by atoms with Crippen molar-refractivity contribution < 1.29 is 4.79 Å². The Hall–Kier alpha value is -0.420. The fourth-order valence-corrected chi connectivity index (χ4v) is 3.56. The third-order valence-corrected chi connectivity index (χ3v) is 4.75. The molecule has 76 valence electrons. The molecule has 1 saturated carbocycles. The molecule has 2 unspecified atom stereocenters. The number of Topliss-reactive ketones (excluding diaryl/α,β-unsaturated/α-hetero) is 1. The third kappa shape index (κ3) is 2.33. The Morgan fingerprint density at radius 1 is 1.64 bits per heavy atom. The van der Waals surface area contributed by atoms with Crippen LogP contribution in [0.15, 0.2) is 10.7 Å². The second-order valence-corrected chi connectivity index (χ2v) is 5.89. The smallest absolute Gasteiger partial charge is 0.170 e. The van der Waals surface area contributed by atoms with Crippen LogP contribution >= 0.6 is 23.3 Å². The standard InChI is InChI=1S/C9H12N2OS2/c1-6-2-3-7(12)4-8(6)13-9-10-5-11-14-9/h5-6,8H,2-4H2,1H3. The number of carbonyl (C=O) groups excluding carboxylic acids is 1. The van der Waals surface area contributed by atoms with Crippen LogP contribution in [0, 0.1) is 5.92 Å². The van der Waals surface area contributed by atoms with E-state index in [9.17, 15) is 4.79 Å². The van der Waals surface area contributed by atoms with Gasteiger partial charge in [-0.15, -0.1) is 0 Å². The van der Waals surface area contributed by atoms with Crippen LogP contribution in [0.2, 0.25) is 0 Å². The first-order valence-corrected chi connectivity index (χ1v) is 6.36. The van der Waals surface area contributed by atoms with Gasteiger partial charge in [-0.25, -0.2) is 4.98 Å². The van der Waals surface area contributed by atoms with Gasteiger partial charge in [0.1, 0.15) is 12.1 Å². The van der Waals surface area contributed by atoms with Crippen molar-refractivity contribution >= 4 is 29.1 Å². The molecule has 5 heteroatoms. The molecule has 2 rings (SSSR count). The van der Waals surface area contributed by atoms with Gasteiger partial charge in [-0.3, -0.25) is 4.79 Å². The molecule has 1 aromatic heterocycles. The second-order valence-electron chi connectivity index (χ2n) is 3.62. The molecule has 0 aliphatic heterocycles. The number of thioether (sulfide) groups is 1. The lowest BCUT2D eigenvalue weighted by atomic mass is 9.89. The number of rotatable bonds is 2. The molecule has 0 aromatic carbocycles. The van der Waals surface area contributed by atoms with Crippen molar-refractivity contribution in [2.75, 3.05) is 0 Å².